The van der Waals surface area contributed by atoms with Crippen LogP contribution < -0.4 is 0 Å². The van der Waals surface area contributed by atoms with Crippen molar-refractivity contribution >= 4 is 16.9 Å². The maximum absolute atomic E-state index is 11.7. The topological polar surface area (TPSA) is 31.2 Å². The van der Waals surface area contributed by atoms with Gasteiger partial charge in [0.05, 0.1) is 10.9 Å². The number of hydrogen-bond acceptors (Lipinski definition) is 2. The summed E-state index contributed by atoms with van der Waals surface area (Å²) in [7, 11) is 0. The Morgan fingerprint density at radius 1 is 1.35 bits per heavy atom. The average molecular weight is 230 g/mol. The van der Waals surface area contributed by atoms with Crippen LogP contribution in [0.15, 0.2) is 30.5 Å². The number of ether oxygens (including phenoxy) is 1. The first-order valence-electron chi connectivity index (χ1n) is 5.61. The third kappa shape index (κ3) is 2.49. The fourth-order valence-electron chi connectivity index (χ4n) is 1.51. The number of carbonyl (C=O) groups excluding carboxylic acids is 1. The SMILES string of the molecule is CC(C)(C)C(=O)OCn1c[c]c2ccccc21. The minimum Gasteiger partial charge on any atom is -0.443 e. The fourth-order valence-corrected chi connectivity index (χ4v) is 1.51. The van der Waals surface area contributed by atoms with E-state index in [1.807, 2.05) is 49.6 Å². The predicted molar refractivity (Wildman–Crippen MR) is 66.3 cm³/mol. The van der Waals surface area contributed by atoms with Crippen molar-refractivity contribution in [2.75, 3.05) is 0 Å². The normalized spacial score (nSPS) is 11.7. The Kier molecular flexibility index (Phi) is 2.92. The van der Waals surface area contributed by atoms with E-state index in [1.54, 1.807) is 6.20 Å². The third-order valence-electron chi connectivity index (χ3n) is 2.54. The van der Waals surface area contributed by atoms with E-state index in [2.05, 4.69) is 6.07 Å². The van der Waals surface area contributed by atoms with Gasteiger partial charge in [0, 0.05) is 17.6 Å². The number of nitrogens with zero attached hydrogens (tertiary/aromatic N) is 1. The molecule has 0 aliphatic rings. The van der Waals surface area contributed by atoms with E-state index in [-0.39, 0.29) is 12.7 Å². The Balaban J connectivity index is 2.12. The lowest BCUT2D eigenvalue weighted by Crippen LogP contribution is -2.23. The maximum atomic E-state index is 11.7. The molecule has 1 aromatic carbocycles. The van der Waals surface area contributed by atoms with Crippen LogP contribution in [0, 0.1) is 11.5 Å². The predicted octanol–water partition coefficient (Wildman–Crippen LogP) is 2.99. The van der Waals surface area contributed by atoms with Gasteiger partial charge in [-0.05, 0) is 26.8 Å². The van der Waals surface area contributed by atoms with E-state index in [4.69, 9.17) is 4.74 Å². The number of benzene rings is 1. The van der Waals surface area contributed by atoms with Crippen LogP contribution in [0.1, 0.15) is 20.8 Å². The second kappa shape index (κ2) is 4.24. The Morgan fingerprint density at radius 3 is 2.76 bits per heavy atom. The maximum Gasteiger partial charge on any atom is 0.312 e. The number of aromatic nitrogens is 1. The highest BCUT2D eigenvalue weighted by atomic mass is 16.5. The Hall–Kier alpha value is -1.77. The molecule has 1 radical (unpaired) electrons. The summed E-state index contributed by atoms with van der Waals surface area (Å²) in [5, 5.41) is 1.03. The quantitative estimate of drug-likeness (QED) is 0.743. The van der Waals surface area contributed by atoms with Crippen LogP contribution in [-0.2, 0) is 16.3 Å². The average Bonchev–Trinajstić information content (AvgIpc) is 2.68. The fraction of sp³-hybridized carbons (Fsp3) is 0.357. The molecule has 17 heavy (non-hydrogen) atoms. The van der Waals surface area contributed by atoms with Crippen LogP contribution >= 0.6 is 0 Å². The summed E-state index contributed by atoms with van der Waals surface area (Å²) >= 11 is 0. The number of hydrogen-bond donors (Lipinski definition) is 0. The highest BCUT2D eigenvalue weighted by Gasteiger charge is 2.22. The molecular formula is C14H16NO2. The van der Waals surface area contributed by atoms with E-state index in [1.165, 1.54) is 0 Å². The molecule has 89 valence electrons. The Labute approximate surface area is 101 Å². The molecule has 0 bridgehead atoms. The molecule has 0 aliphatic carbocycles. The van der Waals surface area contributed by atoms with E-state index in [9.17, 15) is 4.79 Å². The number of para-hydroxylation sites is 1. The van der Waals surface area contributed by atoms with Crippen LogP contribution in [0.4, 0.5) is 0 Å². The van der Waals surface area contributed by atoms with E-state index >= 15 is 0 Å². The first kappa shape index (κ1) is 11.7. The monoisotopic (exact) mass is 230 g/mol. The molecule has 0 saturated carbocycles. The summed E-state index contributed by atoms with van der Waals surface area (Å²) in [5.41, 5.74) is 0.557. The summed E-state index contributed by atoms with van der Waals surface area (Å²) in [5.74, 6) is -0.199. The molecule has 3 nitrogen and oxygen atoms in total. The standard InChI is InChI=1S/C14H16NO2/c1-14(2,3)13(16)17-10-15-9-8-11-6-4-5-7-12(11)15/h4-7,9H,10H2,1-3H3. The molecule has 1 heterocycles. The van der Waals surface area contributed by atoms with E-state index < -0.39 is 5.41 Å². The summed E-state index contributed by atoms with van der Waals surface area (Å²) in [6.45, 7) is 5.76. The zero-order valence-electron chi connectivity index (χ0n) is 10.4. The van der Waals surface area contributed by atoms with Gasteiger partial charge in [-0.15, -0.1) is 0 Å². The molecule has 0 spiro atoms. The molecule has 2 rings (SSSR count). The molecule has 2 aromatic rings. The van der Waals surface area contributed by atoms with Crippen molar-refractivity contribution in [1.82, 2.24) is 4.57 Å². The largest absolute Gasteiger partial charge is 0.443 e. The van der Waals surface area contributed by atoms with Gasteiger partial charge in [0.2, 0.25) is 0 Å². The van der Waals surface area contributed by atoms with E-state index in [0.29, 0.717) is 0 Å². The van der Waals surface area contributed by atoms with Crippen LogP contribution in [0.5, 0.6) is 0 Å². The lowest BCUT2D eigenvalue weighted by atomic mass is 9.98. The highest BCUT2D eigenvalue weighted by molar-refractivity contribution is 5.79. The van der Waals surface area contributed by atoms with Gasteiger partial charge in [-0.25, -0.2) is 0 Å². The number of fused-ring (bicyclic) bond motifs is 1. The second-order valence-corrected chi connectivity index (χ2v) is 5.07. The van der Waals surface area contributed by atoms with Gasteiger partial charge in [0.1, 0.15) is 0 Å². The van der Waals surface area contributed by atoms with Gasteiger partial charge in [-0.2, -0.15) is 0 Å². The Bertz CT molecular complexity index is 534. The molecule has 0 fully saturated rings. The van der Waals surface area contributed by atoms with Crippen LogP contribution in [0.3, 0.4) is 0 Å². The van der Waals surface area contributed by atoms with Gasteiger partial charge in [0.25, 0.3) is 0 Å². The van der Waals surface area contributed by atoms with Gasteiger partial charge in [-0.3, -0.25) is 4.79 Å². The summed E-state index contributed by atoms with van der Waals surface area (Å²) in [6, 6.07) is 11.0. The molecular weight excluding hydrogens is 214 g/mol. The van der Waals surface area contributed by atoms with Crippen molar-refractivity contribution in [2.45, 2.75) is 27.5 Å². The minimum atomic E-state index is -0.466. The molecule has 1 aromatic heterocycles. The molecule has 0 unspecified atom stereocenters. The van der Waals surface area contributed by atoms with Crippen LogP contribution in [-0.4, -0.2) is 10.5 Å². The lowest BCUT2D eigenvalue weighted by molar-refractivity contribution is -0.156. The van der Waals surface area contributed by atoms with Gasteiger partial charge < -0.3 is 9.30 Å². The first-order chi connectivity index (χ1) is 7.98. The summed E-state index contributed by atoms with van der Waals surface area (Å²) in [4.78, 5) is 11.7. The highest BCUT2D eigenvalue weighted by Crippen LogP contribution is 2.18. The molecule has 0 atom stereocenters. The van der Waals surface area contributed by atoms with Crippen LogP contribution in [0.2, 0.25) is 0 Å². The van der Waals surface area contributed by atoms with Crippen molar-refractivity contribution in [3.63, 3.8) is 0 Å². The van der Waals surface area contributed by atoms with Gasteiger partial charge in [0.15, 0.2) is 6.73 Å². The number of rotatable bonds is 2. The third-order valence-corrected chi connectivity index (χ3v) is 2.54. The van der Waals surface area contributed by atoms with Crippen molar-refractivity contribution in [2.24, 2.45) is 5.41 Å². The second-order valence-electron chi connectivity index (χ2n) is 5.07. The molecule has 0 saturated heterocycles. The molecule has 3 heteroatoms. The van der Waals surface area contributed by atoms with Crippen molar-refractivity contribution in [3.05, 3.63) is 36.5 Å². The summed E-state index contributed by atoms with van der Waals surface area (Å²) < 4.78 is 7.14. The lowest BCUT2D eigenvalue weighted by Gasteiger charge is -2.17. The summed E-state index contributed by atoms with van der Waals surface area (Å²) in [6.07, 6.45) is 1.81. The number of carbonyl (C=O) groups is 1. The zero-order valence-corrected chi connectivity index (χ0v) is 10.4. The van der Waals surface area contributed by atoms with Crippen molar-refractivity contribution in [1.29, 1.82) is 0 Å². The van der Waals surface area contributed by atoms with Crippen molar-refractivity contribution < 1.29 is 9.53 Å². The number of esters is 1. The first-order valence-corrected chi connectivity index (χ1v) is 5.61. The van der Waals surface area contributed by atoms with E-state index in [0.717, 1.165) is 10.9 Å². The van der Waals surface area contributed by atoms with Gasteiger partial charge in [-0.1, -0.05) is 18.2 Å². The molecule has 0 aliphatic heterocycles. The molecule has 0 amide bonds. The molecule has 0 N–H and O–H groups in total. The smallest absolute Gasteiger partial charge is 0.312 e. The van der Waals surface area contributed by atoms with Gasteiger partial charge >= 0.3 is 5.97 Å². The zero-order chi connectivity index (χ0) is 12.5. The minimum absolute atomic E-state index is 0.199. The van der Waals surface area contributed by atoms with Crippen LogP contribution in [0.25, 0.3) is 10.9 Å². The van der Waals surface area contributed by atoms with Crippen molar-refractivity contribution in [3.8, 4) is 0 Å². The Morgan fingerprint density at radius 2 is 2.06 bits per heavy atom.